The maximum Gasteiger partial charge on any atom is 0.408 e. The third kappa shape index (κ3) is 5.95. The Labute approximate surface area is 202 Å². The molecule has 1 unspecified atom stereocenters. The van der Waals surface area contributed by atoms with E-state index in [1.54, 1.807) is 39.0 Å². The highest BCUT2D eigenvalue weighted by molar-refractivity contribution is 6.39. The Morgan fingerprint density at radius 2 is 1.76 bits per heavy atom. The Kier molecular flexibility index (Phi) is 7.50. The Balaban J connectivity index is 1.94. The molecule has 1 amide bonds. The average Bonchev–Trinajstić information content (AvgIpc) is 2.72. The van der Waals surface area contributed by atoms with Gasteiger partial charge in [-0.1, -0.05) is 48.3 Å². The molecule has 174 valence electrons. The highest BCUT2D eigenvalue weighted by Gasteiger charge is 2.31. The average molecular weight is 489 g/mol. The minimum Gasteiger partial charge on any atom is -0.480 e. The number of ether oxygens (including phenoxy) is 1. The van der Waals surface area contributed by atoms with Crippen LogP contribution in [-0.4, -0.2) is 33.8 Å². The molecule has 0 saturated carbocycles. The van der Waals surface area contributed by atoms with Crippen molar-refractivity contribution in [2.45, 2.75) is 51.7 Å². The molecule has 0 bridgehead atoms. The number of pyridine rings is 1. The van der Waals surface area contributed by atoms with E-state index in [-0.39, 0.29) is 0 Å². The Morgan fingerprint density at radius 1 is 1.09 bits per heavy atom. The van der Waals surface area contributed by atoms with E-state index in [4.69, 9.17) is 27.9 Å². The molecule has 0 aliphatic rings. The van der Waals surface area contributed by atoms with Crippen LogP contribution in [0.5, 0.6) is 0 Å². The molecule has 1 aromatic heterocycles. The molecule has 0 aliphatic heterocycles. The van der Waals surface area contributed by atoms with Crippen molar-refractivity contribution >= 4 is 46.2 Å². The fourth-order valence-electron chi connectivity index (χ4n) is 3.69. The molecule has 8 heteroatoms. The zero-order valence-electron chi connectivity index (χ0n) is 18.9. The van der Waals surface area contributed by atoms with E-state index >= 15 is 0 Å². The number of carbonyl (C=O) groups excluding carboxylic acids is 1. The number of fused-ring (bicyclic) bond motifs is 1. The standard InChI is InChI=1S/C25H26Cl2N2O4/c1-5-16(22(23(30)31)29-24(32)33-25(2,3)4)14-9-11-19-15(13-14)10-12-20(28-19)21-17(26)7-6-8-18(21)27/h6-13,16,22H,5H2,1-4H3,(H,29,32)(H,30,31)/t16?,22-/m0/s1. The van der Waals surface area contributed by atoms with Gasteiger partial charge in [0.2, 0.25) is 0 Å². The summed E-state index contributed by atoms with van der Waals surface area (Å²) in [6.07, 6.45) is -0.268. The monoisotopic (exact) mass is 488 g/mol. The van der Waals surface area contributed by atoms with E-state index in [1.165, 1.54) is 0 Å². The second kappa shape index (κ2) is 9.98. The summed E-state index contributed by atoms with van der Waals surface area (Å²) in [5.74, 6) is -1.59. The number of benzene rings is 2. The van der Waals surface area contributed by atoms with E-state index in [0.717, 1.165) is 10.9 Å². The fourth-order valence-corrected chi connectivity index (χ4v) is 4.28. The fraction of sp³-hybridized carbons (Fsp3) is 0.320. The van der Waals surface area contributed by atoms with Crippen LogP contribution in [0, 0.1) is 0 Å². The minimum absolute atomic E-state index is 0.461. The summed E-state index contributed by atoms with van der Waals surface area (Å²) in [6, 6.07) is 13.4. The van der Waals surface area contributed by atoms with Crippen LogP contribution in [-0.2, 0) is 9.53 Å². The number of carbonyl (C=O) groups is 2. The number of nitrogens with one attached hydrogen (secondary N) is 1. The van der Waals surface area contributed by atoms with Crippen LogP contribution < -0.4 is 5.32 Å². The number of alkyl carbamates (subject to hydrolysis) is 1. The molecule has 33 heavy (non-hydrogen) atoms. The lowest BCUT2D eigenvalue weighted by atomic mass is 9.88. The Hall–Kier alpha value is -2.83. The highest BCUT2D eigenvalue weighted by atomic mass is 35.5. The number of carboxylic acids is 1. The van der Waals surface area contributed by atoms with Crippen LogP contribution in [0.25, 0.3) is 22.2 Å². The van der Waals surface area contributed by atoms with Crippen molar-refractivity contribution in [1.29, 1.82) is 0 Å². The lowest BCUT2D eigenvalue weighted by Gasteiger charge is -2.26. The number of carboxylic acid groups (broad SMARTS) is 1. The normalized spacial score (nSPS) is 13.4. The molecule has 0 saturated heterocycles. The first-order valence-electron chi connectivity index (χ1n) is 10.6. The van der Waals surface area contributed by atoms with Crippen molar-refractivity contribution in [2.75, 3.05) is 0 Å². The van der Waals surface area contributed by atoms with Crippen molar-refractivity contribution in [2.24, 2.45) is 0 Å². The molecule has 0 aliphatic carbocycles. The summed E-state index contributed by atoms with van der Waals surface area (Å²) in [7, 11) is 0. The van der Waals surface area contributed by atoms with Gasteiger partial charge < -0.3 is 15.2 Å². The number of halogens is 2. The van der Waals surface area contributed by atoms with E-state index in [0.29, 0.717) is 33.2 Å². The van der Waals surface area contributed by atoms with Crippen molar-refractivity contribution in [3.05, 3.63) is 64.1 Å². The molecule has 0 fully saturated rings. The zero-order valence-corrected chi connectivity index (χ0v) is 20.4. The smallest absolute Gasteiger partial charge is 0.408 e. The van der Waals surface area contributed by atoms with Crippen molar-refractivity contribution in [1.82, 2.24) is 10.3 Å². The first-order valence-corrected chi connectivity index (χ1v) is 11.3. The number of aliphatic carboxylic acids is 1. The Morgan fingerprint density at radius 3 is 2.33 bits per heavy atom. The van der Waals surface area contributed by atoms with Gasteiger partial charge in [0.1, 0.15) is 11.6 Å². The molecule has 0 spiro atoms. The van der Waals surface area contributed by atoms with Gasteiger partial charge in [0.05, 0.1) is 21.3 Å². The maximum atomic E-state index is 12.2. The molecular weight excluding hydrogens is 463 g/mol. The molecule has 3 rings (SSSR count). The number of hydrogen-bond acceptors (Lipinski definition) is 4. The van der Waals surface area contributed by atoms with Crippen LogP contribution in [0.15, 0.2) is 48.5 Å². The van der Waals surface area contributed by atoms with Gasteiger partial charge in [-0.05, 0) is 63.1 Å². The molecule has 2 N–H and O–H groups in total. The van der Waals surface area contributed by atoms with E-state index < -0.39 is 29.6 Å². The van der Waals surface area contributed by atoms with Gasteiger partial charge in [0.25, 0.3) is 0 Å². The summed E-state index contributed by atoms with van der Waals surface area (Å²) in [5.41, 5.74) is 2.07. The van der Waals surface area contributed by atoms with Gasteiger partial charge in [-0.2, -0.15) is 0 Å². The quantitative estimate of drug-likeness (QED) is 0.403. The minimum atomic E-state index is -1.14. The second-order valence-electron chi connectivity index (χ2n) is 8.72. The van der Waals surface area contributed by atoms with Gasteiger partial charge in [-0.25, -0.2) is 14.6 Å². The molecule has 3 aromatic rings. The van der Waals surface area contributed by atoms with Crippen LogP contribution in [0.4, 0.5) is 4.79 Å². The third-order valence-electron chi connectivity index (χ3n) is 5.14. The predicted octanol–water partition coefficient (Wildman–Crippen LogP) is 6.68. The summed E-state index contributed by atoms with van der Waals surface area (Å²) in [4.78, 5) is 28.9. The number of rotatable bonds is 6. The van der Waals surface area contributed by atoms with Crippen LogP contribution >= 0.6 is 23.2 Å². The largest absolute Gasteiger partial charge is 0.480 e. The summed E-state index contributed by atoms with van der Waals surface area (Å²) < 4.78 is 5.25. The van der Waals surface area contributed by atoms with E-state index in [2.05, 4.69) is 10.3 Å². The van der Waals surface area contributed by atoms with E-state index in [1.807, 2.05) is 37.3 Å². The van der Waals surface area contributed by atoms with Gasteiger partial charge >= 0.3 is 12.1 Å². The highest BCUT2D eigenvalue weighted by Crippen LogP contribution is 2.35. The van der Waals surface area contributed by atoms with Gasteiger partial charge in [0, 0.05) is 16.9 Å². The number of nitrogens with zero attached hydrogens (tertiary/aromatic N) is 1. The lowest BCUT2D eigenvalue weighted by molar-refractivity contribution is -0.140. The maximum absolute atomic E-state index is 12.2. The first-order chi connectivity index (χ1) is 15.5. The van der Waals surface area contributed by atoms with Crippen LogP contribution in [0.3, 0.4) is 0 Å². The molecule has 2 atom stereocenters. The lowest BCUT2D eigenvalue weighted by Crippen LogP contribution is -2.46. The summed E-state index contributed by atoms with van der Waals surface area (Å²) in [5, 5.41) is 14.2. The molecule has 2 aromatic carbocycles. The first kappa shape index (κ1) is 24.8. The topological polar surface area (TPSA) is 88.5 Å². The van der Waals surface area contributed by atoms with Crippen molar-refractivity contribution in [3.8, 4) is 11.3 Å². The molecular formula is C25H26Cl2N2O4. The number of aromatic nitrogens is 1. The van der Waals surface area contributed by atoms with Crippen LogP contribution in [0.1, 0.15) is 45.6 Å². The molecule has 6 nitrogen and oxygen atoms in total. The second-order valence-corrected chi connectivity index (χ2v) is 9.54. The van der Waals surface area contributed by atoms with Crippen molar-refractivity contribution in [3.63, 3.8) is 0 Å². The number of amides is 1. The predicted molar refractivity (Wildman–Crippen MR) is 131 cm³/mol. The van der Waals surface area contributed by atoms with Gasteiger partial charge in [-0.15, -0.1) is 0 Å². The number of hydrogen-bond donors (Lipinski definition) is 2. The third-order valence-corrected chi connectivity index (χ3v) is 5.77. The summed E-state index contributed by atoms with van der Waals surface area (Å²) in [6.45, 7) is 7.04. The molecule has 0 radical (unpaired) electrons. The SMILES string of the molecule is CCC(c1ccc2nc(-c3c(Cl)cccc3Cl)ccc2c1)[C@H](NC(=O)OC(C)(C)C)C(=O)O. The molecule has 1 heterocycles. The van der Waals surface area contributed by atoms with Gasteiger partial charge in [-0.3, -0.25) is 0 Å². The van der Waals surface area contributed by atoms with E-state index in [9.17, 15) is 14.7 Å². The Bertz CT molecular complexity index is 1170. The van der Waals surface area contributed by atoms with Crippen LogP contribution in [0.2, 0.25) is 10.0 Å². The van der Waals surface area contributed by atoms with Gasteiger partial charge in [0.15, 0.2) is 0 Å². The van der Waals surface area contributed by atoms with Crippen molar-refractivity contribution < 1.29 is 19.4 Å². The summed E-state index contributed by atoms with van der Waals surface area (Å²) >= 11 is 12.6. The zero-order chi connectivity index (χ0) is 24.3.